The molecule has 0 spiro atoms. The minimum atomic E-state index is 0.142. The predicted molar refractivity (Wildman–Crippen MR) is 84.3 cm³/mol. The van der Waals surface area contributed by atoms with Gasteiger partial charge in [-0.25, -0.2) is 0 Å². The summed E-state index contributed by atoms with van der Waals surface area (Å²) in [6.07, 6.45) is 1.24. The van der Waals surface area contributed by atoms with Crippen LogP contribution in [0.25, 0.3) is 0 Å². The molecule has 1 N–H and O–H groups in total. The highest BCUT2D eigenvalue weighted by atomic mass is 16.5. The van der Waals surface area contributed by atoms with E-state index in [2.05, 4.69) is 45.1 Å². The molecule has 0 aromatic heterocycles. The summed E-state index contributed by atoms with van der Waals surface area (Å²) in [4.78, 5) is 0. The molecule has 0 saturated carbocycles. The van der Waals surface area contributed by atoms with E-state index in [-0.39, 0.29) is 12.1 Å². The van der Waals surface area contributed by atoms with Crippen LogP contribution in [0.3, 0.4) is 0 Å². The topological polar surface area (TPSA) is 30.5 Å². The molecule has 2 unspecified atom stereocenters. The van der Waals surface area contributed by atoms with E-state index in [0.29, 0.717) is 5.92 Å². The van der Waals surface area contributed by atoms with Crippen molar-refractivity contribution in [3.8, 4) is 5.75 Å². The van der Waals surface area contributed by atoms with Crippen molar-refractivity contribution < 1.29 is 9.47 Å². The van der Waals surface area contributed by atoms with Crippen molar-refractivity contribution in [2.45, 2.75) is 46.3 Å². The molecule has 2 atom stereocenters. The third kappa shape index (κ3) is 4.50. The van der Waals surface area contributed by atoms with Gasteiger partial charge >= 0.3 is 0 Å². The Labute approximate surface area is 123 Å². The van der Waals surface area contributed by atoms with Gasteiger partial charge in [0.1, 0.15) is 5.75 Å². The second-order valence-electron chi connectivity index (χ2n) is 5.34. The zero-order chi connectivity index (χ0) is 15.0. The predicted octanol–water partition coefficient (Wildman–Crippen LogP) is 3.80. The van der Waals surface area contributed by atoms with Crippen LogP contribution in [0.5, 0.6) is 5.75 Å². The Bertz CT molecular complexity index is 379. The van der Waals surface area contributed by atoms with Gasteiger partial charge in [-0.3, -0.25) is 0 Å². The van der Waals surface area contributed by atoms with Crippen LogP contribution in [0.4, 0.5) is 0 Å². The average Bonchev–Trinajstić information content (AvgIpc) is 2.46. The van der Waals surface area contributed by atoms with Crippen LogP contribution in [0, 0.1) is 5.92 Å². The van der Waals surface area contributed by atoms with Crippen LogP contribution < -0.4 is 10.1 Å². The van der Waals surface area contributed by atoms with Crippen LogP contribution in [0.2, 0.25) is 0 Å². The van der Waals surface area contributed by atoms with E-state index >= 15 is 0 Å². The van der Waals surface area contributed by atoms with Gasteiger partial charge in [-0.2, -0.15) is 0 Å². The summed E-state index contributed by atoms with van der Waals surface area (Å²) in [6, 6.07) is 8.36. The minimum absolute atomic E-state index is 0.142. The van der Waals surface area contributed by atoms with Crippen molar-refractivity contribution in [3.05, 3.63) is 29.8 Å². The smallest absolute Gasteiger partial charge is 0.123 e. The Morgan fingerprint density at radius 3 is 2.40 bits per heavy atom. The van der Waals surface area contributed by atoms with Crippen LogP contribution in [-0.4, -0.2) is 26.4 Å². The Kier molecular flexibility index (Phi) is 7.63. The van der Waals surface area contributed by atoms with Gasteiger partial charge in [0.2, 0.25) is 0 Å². The number of benzene rings is 1. The summed E-state index contributed by atoms with van der Waals surface area (Å²) >= 11 is 0. The normalized spacial score (nSPS) is 14.3. The van der Waals surface area contributed by atoms with Crippen molar-refractivity contribution in [1.82, 2.24) is 5.32 Å². The highest BCUT2D eigenvalue weighted by Gasteiger charge is 2.28. The van der Waals surface area contributed by atoms with Crippen LogP contribution >= 0.6 is 0 Å². The molecule has 3 heteroatoms. The molecule has 1 aromatic rings. The molecule has 0 amide bonds. The largest absolute Gasteiger partial charge is 0.496 e. The standard InChI is InChI=1S/C17H29NO2/c1-6-12-18-16(17(13(3)4)20-7-2)14-10-8-9-11-15(14)19-5/h8-11,13,16-18H,6-7,12H2,1-5H3. The lowest BCUT2D eigenvalue weighted by atomic mass is 9.92. The summed E-state index contributed by atoms with van der Waals surface area (Å²) in [5.41, 5.74) is 1.18. The van der Waals surface area contributed by atoms with E-state index in [1.807, 2.05) is 12.1 Å². The molecule has 0 fully saturated rings. The SMILES string of the molecule is CCCNC(c1ccccc1OC)C(OCC)C(C)C. The van der Waals surface area contributed by atoms with E-state index in [0.717, 1.165) is 25.3 Å². The van der Waals surface area contributed by atoms with Crippen molar-refractivity contribution in [2.75, 3.05) is 20.3 Å². The summed E-state index contributed by atoms with van der Waals surface area (Å²) in [6.45, 7) is 10.3. The first kappa shape index (κ1) is 17.0. The summed E-state index contributed by atoms with van der Waals surface area (Å²) in [7, 11) is 1.72. The van der Waals surface area contributed by atoms with Gasteiger partial charge in [0, 0.05) is 12.2 Å². The molecular formula is C17H29NO2. The third-order valence-electron chi connectivity index (χ3n) is 3.43. The van der Waals surface area contributed by atoms with Crippen LogP contribution in [0.1, 0.15) is 45.7 Å². The zero-order valence-electron chi connectivity index (χ0n) is 13.5. The fourth-order valence-electron chi connectivity index (χ4n) is 2.49. The lowest BCUT2D eigenvalue weighted by Crippen LogP contribution is -2.38. The maximum absolute atomic E-state index is 6.00. The first-order chi connectivity index (χ1) is 9.65. The fourth-order valence-corrected chi connectivity index (χ4v) is 2.49. The number of nitrogens with one attached hydrogen (secondary N) is 1. The van der Waals surface area contributed by atoms with E-state index in [9.17, 15) is 0 Å². The number of methoxy groups -OCH3 is 1. The second kappa shape index (κ2) is 8.98. The van der Waals surface area contributed by atoms with Gasteiger partial charge < -0.3 is 14.8 Å². The Morgan fingerprint density at radius 1 is 1.15 bits per heavy atom. The molecule has 0 bridgehead atoms. The number of hydrogen-bond donors (Lipinski definition) is 1. The van der Waals surface area contributed by atoms with Crippen molar-refractivity contribution in [2.24, 2.45) is 5.92 Å². The molecule has 1 aromatic carbocycles. The number of ether oxygens (including phenoxy) is 2. The molecular weight excluding hydrogens is 250 g/mol. The molecule has 0 aliphatic heterocycles. The number of rotatable bonds is 9. The van der Waals surface area contributed by atoms with E-state index < -0.39 is 0 Å². The van der Waals surface area contributed by atoms with Crippen LogP contribution in [0.15, 0.2) is 24.3 Å². The summed E-state index contributed by atoms with van der Waals surface area (Å²) < 4.78 is 11.5. The van der Waals surface area contributed by atoms with Crippen LogP contribution in [-0.2, 0) is 4.74 Å². The fraction of sp³-hybridized carbons (Fsp3) is 0.647. The lowest BCUT2D eigenvalue weighted by Gasteiger charge is -2.32. The van der Waals surface area contributed by atoms with Crippen molar-refractivity contribution >= 4 is 0 Å². The average molecular weight is 279 g/mol. The first-order valence-electron chi connectivity index (χ1n) is 7.63. The van der Waals surface area contributed by atoms with Gasteiger partial charge in [0.05, 0.1) is 19.3 Å². The summed E-state index contributed by atoms with van der Waals surface area (Å²) in [5, 5.41) is 3.62. The third-order valence-corrected chi connectivity index (χ3v) is 3.43. The molecule has 114 valence electrons. The molecule has 0 radical (unpaired) electrons. The Hall–Kier alpha value is -1.06. The van der Waals surface area contributed by atoms with Gasteiger partial charge in [0.15, 0.2) is 0 Å². The molecule has 0 heterocycles. The maximum atomic E-state index is 6.00. The summed E-state index contributed by atoms with van der Waals surface area (Å²) in [5.74, 6) is 1.36. The molecule has 3 nitrogen and oxygen atoms in total. The second-order valence-corrected chi connectivity index (χ2v) is 5.34. The zero-order valence-corrected chi connectivity index (χ0v) is 13.5. The van der Waals surface area contributed by atoms with E-state index in [4.69, 9.17) is 9.47 Å². The molecule has 0 aliphatic carbocycles. The first-order valence-corrected chi connectivity index (χ1v) is 7.63. The molecule has 20 heavy (non-hydrogen) atoms. The maximum Gasteiger partial charge on any atom is 0.123 e. The van der Waals surface area contributed by atoms with Gasteiger partial charge in [-0.15, -0.1) is 0 Å². The lowest BCUT2D eigenvalue weighted by molar-refractivity contribution is 0.00232. The molecule has 0 aliphatic rings. The Balaban J connectivity index is 3.08. The van der Waals surface area contributed by atoms with Gasteiger partial charge in [-0.05, 0) is 31.9 Å². The molecule has 1 rings (SSSR count). The van der Waals surface area contributed by atoms with Gasteiger partial charge in [-0.1, -0.05) is 39.0 Å². The van der Waals surface area contributed by atoms with Gasteiger partial charge in [0.25, 0.3) is 0 Å². The Morgan fingerprint density at radius 2 is 1.85 bits per heavy atom. The van der Waals surface area contributed by atoms with Crippen molar-refractivity contribution in [1.29, 1.82) is 0 Å². The van der Waals surface area contributed by atoms with E-state index in [1.165, 1.54) is 5.56 Å². The highest BCUT2D eigenvalue weighted by Crippen LogP contribution is 2.31. The van der Waals surface area contributed by atoms with Crippen molar-refractivity contribution in [3.63, 3.8) is 0 Å². The quantitative estimate of drug-likeness (QED) is 0.746. The molecule has 0 saturated heterocycles. The number of para-hydroxylation sites is 1. The van der Waals surface area contributed by atoms with E-state index in [1.54, 1.807) is 7.11 Å². The minimum Gasteiger partial charge on any atom is -0.496 e. The monoisotopic (exact) mass is 279 g/mol. The number of hydrogen-bond acceptors (Lipinski definition) is 3. The highest BCUT2D eigenvalue weighted by molar-refractivity contribution is 5.36.